The molecule has 0 bridgehead atoms. The summed E-state index contributed by atoms with van der Waals surface area (Å²) in [7, 11) is 3.01. The largest absolute Gasteiger partial charge is 0.497 e. The molecule has 128 valence electrons. The Labute approximate surface area is 148 Å². The van der Waals surface area contributed by atoms with Crippen LogP contribution in [0, 0.1) is 0 Å². The van der Waals surface area contributed by atoms with E-state index in [1.165, 1.54) is 14.2 Å². The number of hydrogen-bond donors (Lipinski definition) is 2. The number of hydrogen-bond acceptors (Lipinski definition) is 5. The summed E-state index contributed by atoms with van der Waals surface area (Å²) < 4.78 is 10.4. The van der Waals surface area contributed by atoms with Crippen LogP contribution < -0.4 is 14.8 Å². The van der Waals surface area contributed by atoms with Gasteiger partial charge in [0.2, 0.25) is 0 Å². The highest BCUT2D eigenvalue weighted by atomic mass is 35.5. The highest BCUT2D eigenvalue weighted by molar-refractivity contribution is 6.34. The van der Waals surface area contributed by atoms with Crippen molar-refractivity contribution in [2.24, 2.45) is 0 Å². The first-order valence-electron chi connectivity index (χ1n) is 7.31. The molecule has 0 aliphatic rings. The molecular weight excluding hydrogens is 344 g/mol. The van der Waals surface area contributed by atoms with Crippen LogP contribution in [-0.4, -0.2) is 35.3 Å². The number of nitrogens with zero attached hydrogens (tertiary/aromatic N) is 2. The number of pyridine rings is 1. The average Bonchev–Trinajstić information content (AvgIpc) is 3.14. The van der Waals surface area contributed by atoms with Crippen LogP contribution in [0.2, 0.25) is 5.02 Å². The summed E-state index contributed by atoms with van der Waals surface area (Å²) in [6, 6.07) is 8.51. The number of benzene rings is 1. The molecule has 2 aromatic heterocycles. The van der Waals surface area contributed by atoms with Gasteiger partial charge in [-0.2, -0.15) is 5.10 Å². The van der Waals surface area contributed by atoms with E-state index in [0.717, 1.165) is 5.56 Å². The van der Waals surface area contributed by atoms with Gasteiger partial charge < -0.3 is 14.8 Å². The van der Waals surface area contributed by atoms with Crippen LogP contribution in [0.15, 0.2) is 42.7 Å². The number of carbonyl (C=O) groups is 1. The maximum Gasteiger partial charge on any atom is 0.273 e. The van der Waals surface area contributed by atoms with Crippen LogP contribution in [-0.2, 0) is 0 Å². The van der Waals surface area contributed by atoms with Crippen LogP contribution in [0.5, 0.6) is 11.5 Å². The van der Waals surface area contributed by atoms with Crippen molar-refractivity contribution in [3.8, 4) is 22.8 Å². The molecule has 7 nitrogen and oxygen atoms in total. The van der Waals surface area contributed by atoms with Gasteiger partial charge in [-0.15, -0.1) is 0 Å². The molecule has 1 aromatic carbocycles. The molecule has 8 heteroatoms. The van der Waals surface area contributed by atoms with Crippen molar-refractivity contribution in [3.63, 3.8) is 0 Å². The highest BCUT2D eigenvalue weighted by Crippen LogP contribution is 2.37. The number of aromatic nitrogens is 3. The Morgan fingerprint density at radius 2 is 2.08 bits per heavy atom. The number of ether oxygens (including phenoxy) is 2. The molecule has 0 saturated heterocycles. The molecule has 2 heterocycles. The minimum Gasteiger partial charge on any atom is -0.497 e. The van der Waals surface area contributed by atoms with Gasteiger partial charge in [0.25, 0.3) is 5.91 Å². The number of carbonyl (C=O) groups excluding carboxylic acids is 1. The predicted octanol–water partition coefficient (Wildman–Crippen LogP) is 3.39. The fourth-order valence-electron chi connectivity index (χ4n) is 2.24. The van der Waals surface area contributed by atoms with Gasteiger partial charge in [-0.25, -0.2) is 0 Å². The van der Waals surface area contributed by atoms with Gasteiger partial charge in [0.1, 0.15) is 22.9 Å². The molecule has 0 aliphatic heterocycles. The van der Waals surface area contributed by atoms with Crippen molar-refractivity contribution in [2.75, 3.05) is 19.5 Å². The normalized spacial score (nSPS) is 10.4. The molecule has 2 N–H and O–H groups in total. The summed E-state index contributed by atoms with van der Waals surface area (Å²) in [5.74, 6) is 0.526. The lowest BCUT2D eigenvalue weighted by molar-refractivity contribution is 0.102. The lowest BCUT2D eigenvalue weighted by atomic mass is 10.2. The van der Waals surface area contributed by atoms with Gasteiger partial charge in [-0.05, 0) is 18.2 Å². The number of aromatic amines is 1. The highest BCUT2D eigenvalue weighted by Gasteiger charge is 2.17. The number of amides is 1. The standard InChI is InChI=1S/C17H15ClN4O3/c1-24-11-6-12(18)16(15(7-11)25-2)20-17(23)14-8-13(21-22-14)10-4-3-5-19-9-10/h3-9H,1-2H3,(H,20,23)(H,21,22). The Morgan fingerprint density at radius 3 is 2.76 bits per heavy atom. The SMILES string of the molecule is COc1cc(Cl)c(NC(=O)c2cc(-c3cccnc3)n[nH]2)c(OC)c1. The van der Waals surface area contributed by atoms with E-state index < -0.39 is 5.91 Å². The van der Waals surface area contributed by atoms with Crippen molar-refractivity contribution >= 4 is 23.2 Å². The van der Waals surface area contributed by atoms with Crippen LogP contribution in [0.25, 0.3) is 11.3 Å². The van der Waals surface area contributed by atoms with Crippen LogP contribution in [0.1, 0.15) is 10.5 Å². The Balaban J connectivity index is 1.85. The van der Waals surface area contributed by atoms with Gasteiger partial charge in [0.05, 0.1) is 24.9 Å². The minimum atomic E-state index is -0.395. The predicted molar refractivity (Wildman–Crippen MR) is 94.3 cm³/mol. The van der Waals surface area contributed by atoms with Gasteiger partial charge in [0.15, 0.2) is 0 Å². The summed E-state index contributed by atoms with van der Waals surface area (Å²) in [6.45, 7) is 0. The monoisotopic (exact) mass is 358 g/mol. The first kappa shape index (κ1) is 16.8. The van der Waals surface area contributed by atoms with Crippen molar-refractivity contribution in [1.82, 2.24) is 15.2 Å². The first-order valence-corrected chi connectivity index (χ1v) is 7.69. The third-order valence-electron chi connectivity index (χ3n) is 3.50. The molecule has 0 radical (unpaired) electrons. The molecular formula is C17H15ClN4O3. The summed E-state index contributed by atoms with van der Waals surface area (Å²) in [6.07, 6.45) is 3.34. The Kier molecular flexibility index (Phi) is 4.85. The topological polar surface area (TPSA) is 89.1 Å². The zero-order chi connectivity index (χ0) is 17.8. The zero-order valence-corrected chi connectivity index (χ0v) is 14.3. The summed E-state index contributed by atoms with van der Waals surface area (Å²) in [4.78, 5) is 16.5. The van der Waals surface area contributed by atoms with Gasteiger partial charge in [-0.1, -0.05) is 11.6 Å². The molecule has 3 aromatic rings. The molecule has 0 spiro atoms. The average molecular weight is 359 g/mol. The van der Waals surface area contributed by atoms with E-state index in [0.29, 0.717) is 27.9 Å². The number of nitrogens with one attached hydrogen (secondary N) is 2. The summed E-state index contributed by atoms with van der Waals surface area (Å²) in [5, 5.41) is 9.86. The van der Waals surface area contributed by atoms with E-state index in [4.69, 9.17) is 21.1 Å². The number of methoxy groups -OCH3 is 2. The van der Waals surface area contributed by atoms with Gasteiger partial charge in [-0.3, -0.25) is 14.9 Å². The number of anilines is 1. The molecule has 0 unspecified atom stereocenters. The van der Waals surface area contributed by atoms with Crippen LogP contribution >= 0.6 is 11.6 Å². The van der Waals surface area contributed by atoms with Crippen molar-refractivity contribution in [1.29, 1.82) is 0 Å². The first-order chi connectivity index (χ1) is 12.1. The second-order valence-electron chi connectivity index (χ2n) is 5.05. The van der Waals surface area contributed by atoms with E-state index in [2.05, 4.69) is 20.5 Å². The maximum atomic E-state index is 12.5. The van der Waals surface area contributed by atoms with Crippen molar-refractivity contribution in [3.05, 3.63) is 53.4 Å². The zero-order valence-electron chi connectivity index (χ0n) is 13.5. The fourth-order valence-corrected chi connectivity index (χ4v) is 2.49. The number of rotatable bonds is 5. The quantitative estimate of drug-likeness (QED) is 0.729. The van der Waals surface area contributed by atoms with E-state index in [1.807, 2.05) is 6.07 Å². The van der Waals surface area contributed by atoms with Crippen LogP contribution in [0.3, 0.4) is 0 Å². The van der Waals surface area contributed by atoms with E-state index >= 15 is 0 Å². The van der Waals surface area contributed by atoms with Gasteiger partial charge in [0, 0.05) is 30.1 Å². The molecule has 0 atom stereocenters. The molecule has 25 heavy (non-hydrogen) atoms. The molecule has 0 aliphatic carbocycles. The fraction of sp³-hybridized carbons (Fsp3) is 0.118. The number of H-pyrrole nitrogens is 1. The molecule has 0 fully saturated rings. The third-order valence-corrected chi connectivity index (χ3v) is 3.80. The smallest absolute Gasteiger partial charge is 0.273 e. The van der Waals surface area contributed by atoms with Crippen LogP contribution in [0.4, 0.5) is 5.69 Å². The van der Waals surface area contributed by atoms with E-state index in [9.17, 15) is 4.79 Å². The van der Waals surface area contributed by atoms with E-state index in [-0.39, 0.29) is 5.69 Å². The summed E-state index contributed by atoms with van der Waals surface area (Å²) in [5.41, 5.74) is 2.06. The molecule has 1 amide bonds. The Morgan fingerprint density at radius 1 is 1.24 bits per heavy atom. The number of halogens is 1. The Hall–Kier alpha value is -3.06. The second kappa shape index (κ2) is 7.23. The lowest BCUT2D eigenvalue weighted by Crippen LogP contribution is -2.13. The molecule has 3 rings (SSSR count). The third kappa shape index (κ3) is 3.56. The summed E-state index contributed by atoms with van der Waals surface area (Å²) >= 11 is 6.22. The van der Waals surface area contributed by atoms with Crippen molar-refractivity contribution < 1.29 is 14.3 Å². The molecule has 0 saturated carbocycles. The maximum absolute atomic E-state index is 12.5. The minimum absolute atomic E-state index is 0.285. The lowest BCUT2D eigenvalue weighted by Gasteiger charge is -2.13. The van der Waals surface area contributed by atoms with E-state index in [1.54, 1.807) is 36.7 Å². The van der Waals surface area contributed by atoms with Gasteiger partial charge >= 0.3 is 0 Å². The van der Waals surface area contributed by atoms with Crippen molar-refractivity contribution in [2.45, 2.75) is 0 Å². The second-order valence-corrected chi connectivity index (χ2v) is 5.46. The Bertz CT molecular complexity index is 896.